The first kappa shape index (κ1) is 16.4. The van der Waals surface area contributed by atoms with E-state index in [2.05, 4.69) is 36.1 Å². The fourth-order valence-corrected chi connectivity index (χ4v) is 2.57. The molecule has 0 N–H and O–H groups in total. The summed E-state index contributed by atoms with van der Waals surface area (Å²) < 4.78 is 11.0. The summed E-state index contributed by atoms with van der Waals surface area (Å²) in [6.45, 7) is 1.20. The SMILES string of the molecule is COCCOC(=C1CCC1)c1ccc(C#Cc2ccccc2)cc1. The van der Waals surface area contributed by atoms with Gasteiger partial charge in [-0.2, -0.15) is 0 Å². The largest absolute Gasteiger partial charge is 0.491 e. The fourth-order valence-electron chi connectivity index (χ4n) is 2.57. The number of hydrogen-bond donors (Lipinski definition) is 0. The predicted octanol–water partition coefficient (Wildman–Crippen LogP) is 4.64. The Morgan fingerprint density at radius 1 is 0.875 bits per heavy atom. The third-order valence-electron chi connectivity index (χ3n) is 4.08. The Bertz CT molecular complexity index is 740. The van der Waals surface area contributed by atoms with Gasteiger partial charge >= 0.3 is 0 Å². The van der Waals surface area contributed by atoms with Crippen molar-refractivity contribution in [2.45, 2.75) is 19.3 Å². The molecular formula is C22H22O2. The Balaban J connectivity index is 1.74. The van der Waals surface area contributed by atoms with Crippen LogP contribution in [0.25, 0.3) is 5.76 Å². The van der Waals surface area contributed by atoms with Crippen LogP contribution in [0.3, 0.4) is 0 Å². The van der Waals surface area contributed by atoms with Gasteiger partial charge in [-0.1, -0.05) is 42.2 Å². The van der Waals surface area contributed by atoms with Crippen LogP contribution in [0, 0.1) is 11.8 Å². The van der Waals surface area contributed by atoms with Gasteiger partial charge in [0.05, 0.1) is 6.61 Å². The maximum absolute atomic E-state index is 5.96. The molecular weight excluding hydrogens is 296 g/mol. The summed E-state index contributed by atoms with van der Waals surface area (Å²) >= 11 is 0. The zero-order valence-corrected chi connectivity index (χ0v) is 14.0. The fraction of sp³-hybridized carbons (Fsp3) is 0.273. The van der Waals surface area contributed by atoms with Gasteiger partial charge in [0.1, 0.15) is 12.4 Å². The summed E-state index contributed by atoms with van der Waals surface area (Å²) in [5, 5.41) is 0. The second kappa shape index (κ2) is 8.38. The van der Waals surface area contributed by atoms with Gasteiger partial charge in [0.15, 0.2) is 0 Å². The topological polar surface area (TPSA) is 18.5 Å². The van der Waals surface area contributed by atoms with E-state index in [-0.39, 0.29) is 0 Å². The molecule has 2 heteroatoms. The van der Waals surface area contributed by atoms with Crippen molar-refractivity contribution in [3.8, 4) is 11.8 Å². The lowest BCUT2D eigenvalue weighted by atomic mass is 9.89. The third kappa shape index (κ3) is 4.28. The van der Waals surface area contributed by atoms with Crippen LogP contribution in [0.2, 0.25) is 0 Å². The van der Waals surface area contributed by atoms with Crippen molar-refractivity contribution in [3.05, 3.63) is 76.9 Å². The average Bonchev–Trinajstić information content (AvgIpc) is 2.59. The van der Waals surface area contributed by atoms with Gasteiger partial charge < -0.3 is 9.47 Å². The minimum atomic E-state index is 0.588. The second-order valence-corrected chi connectivity index (χ2v) is 5.82. The highest BCUT2D eigenvalue weighted by Crippen LogP contribution is 2.34. The average molecular weight is 318 g/mol. The van der Waals surface area contributed by atoms with Crippen molar-refractivity contribution >= 4 is 5.76 Å². The van der Waals surface area contributed by atoms with Gasteiger partial charge in [-0.3, -0.25) is 0 Å². The molecule has 24 heavy (non-hydrogen) atoms. The summed E-state index contributed by atoms with van der Waals surface area (Å²) in [6.07, 6.45) is 3.53. The Morgan fingerprint density at radius 3 is 2.12 bits per heavy atom. The van der Waals surface area contributed by atoms with Crippen molar-refractivity contribution in [2.24, 2.45) is 0 Å². The molecule has 0 unspecified atom stereocenters. The van der Waals surface area contributed by atoms with E-state index >= 15 is 0 Å². The van der Waals surface area contributed by atoms with Crippen LogP contribution in [0.15, 0.2) is 60.2 Å². The molecule has 1 saturated carbocycles. The van der Waals surface area contributed by atoms with E-state index in [9.17, 15) is 0 Å². The number of rotatable bonds is 5. The van der Waals surface area contributed by atoms with Crippen LogP contribution in [0.4, 0.5) is 0 Å². The molecule has 2 aromatic carbocycles. The van der Waals surface area contributed by atoms with E-state index < -0.39 is 0 Å². The summed E-state index contributed by atoms with van der Waals surface area (Å²) in [7, 11) is 1.69. The molecule has 0 amide bonds. The molecule has 0 saturated heterocycles. The summed E-state index contributed by atoms with van der Waals surface area (Å²) in [4.78, 5) is 0. The van der Waals surface area contributed by atoms with Crippen LogP contribution in [0.5, 0.6) is 0 Å². The van der Waals surface area contributed by atoms with Gasteiger partial charge in [0.25, 0.3) is 0 Å². The zero-order chi connectivity index (χ0) is 16.6. The first-order valence-electron chi connectivity index (χ1n) is 8.38. The maximum atomic E-state index is 5.96. The van der Waals surface area contributed by atoms with E-state index in [1.807, 2.05) is 30.3 Å². The van der Waals surface area contributed by atoms with Crippen LogP contribution in [0.1, 0.15) is 36.0 Å². The Hall–Kier alpha value is -2.50. The van der Waals surface area contributed by atoms with E-state index in [0.29, 0.717) is 13.2 Å². The summed E-state index contributed by atoms with van der Waals surface area (Å²) in [6, 6.07) is 18.4. The number of benzene rings is 2. The lowest BCUT2D eigenvalue weighted by Crippen LogP contribution is -2.08. The standard InChI is InChI=1S/C22H22O2/c1-23-16-17-24-22(20-8-5-9-20)21-14-12-19(13-15-21)11-10-18-6-3-2-4-7-18/h2-4,6-7,12-15H,5,8-9,16-17H2,1H3. The highest BCUT2D eigenvalue weighted by atomic mass is 16.5. The molecule has 2 nitrogen and oxygen atoms in total. The molecule has 0 atom stereocenters. The third-order valence-corrected chi connectivity index (χ3v) is 4.08. The normalized spacial score (nSPS) is 12.8. The van der Waals surface area contributed by atoms with E-state index in [4.69, 9.17) is 9.47 Å². The molecule has 0 spiro atoms. The number of allylic oxidation sites excluding steroid dienone is 1. The number of hydrogen-bond acceptors (Lipinski definition) is 2. The lowest BCUT2D eigenvalue weighted by molar-refractivity contribution is 0.132. The number of methoxy groups -OCH3 is 1. The Labute approximate surface area is 144 Å². The van der Waals surface area contributed by atoms with Gasteiger partial charge in [0, 0.05) is 23.8 Å². The maximum Gasteiger partial charge on any atom is 0.125 e. The highest BCUT2D eigenvalue weighted by molar-refractivity contribution is 5.65. The molecule has 1 fully saturated rings. The monoisotopic (exact) mass is 318 g/mol. The minimum absolute atomic E-state index is 0.588. The van der Waals surface area contributed by atoms with Crippen molar-refractivity contribution in [1.82, 2.24) is 0 Å². The molecule has 122 valence electrons. The molecule has 3 rings (SSSR count). The number of ether oxygens (including phenoxy) is 2. The van der Waals surface area contributed by atoms with Crippen LogP contribution >= 0.6 is 0 Å². The molecule has 0 aromatic heterocycles. The second-order valence-electron chi connectivity index (χ2n) is 5.82. The molecule has 0 bridgehead atoms. The molecule has 1 aliphatic carbocycles. The lowest BCUT2D eigenvalue weighted by Gasteiger charge is -2.22. The summed E-state index contributed by atoms with van der Waals surface area (Å²) in [5.41, 5.74) is 4.58. The van der Waals surface area contributed by atoms with Crippen molar-refractivity contribution in [1.29, 1.82) is 0 Å². The van der Waals surface area contributed by atoms with E-state index in [1.54, 1.807) is 7.11 Å². The van der Waals surface area contributed by atoms with Gasteiger partial charge in [-0.05, 0) is 49.1 Å². The van der Waals surface area contributed by atoms with Crippen molar-refractivity contribution < 1.29 is 9.47 Å². The highest BCUT2D eigenvalue weighted by Gasteiger charge is 2.17. The molecule has 0 aliphatic heterocycles. The van der Waals surface area contributed by atoms with Gasteiger partial charge in [-0.25, -0.2) is 0 Å². The Morgan fingerprint density at radius 2 is 1.54 bits per heavy atom. The van der Waals surface area contributed by atoms with Crippen molar-refractivity contribution in [2.75, 3.05) is 20.3 Å². The first-order valence-corrected chi connectivity index (χ1v) is 8.38. The smallest absolute Gasteiger partial charge is 0.125 e. The predicted molar refractivity (Wildman–Crippen MR) is 97.5 cm³/mol. The van der Waals surface area contributed by atoms with Crippen LogP contribution < -0.4 is 0 Å². The van der Waals surface area contributed by atoms with Gasteiger partial charge in [0.2, 0.25) is 0 Å². The first-order chi connectivity index (χ1) is 11.9. The molecule has 0 heterocycles. The Kier molecular flexibility index (Phi) is 5.71. The van der Waals surface area contributed by atoms with Gasteiger partial charge in [-0.15, -0.1) is 0 Å². The zero-order valence-electron chi connectivity index (χ0n) is 14.0. The molecule has 0 radical (unpaired) electrons. The quantitative estimate of drug-likeness (QED) is 0.454. The molecule has 2 aromatic rings. The minimum Gasteiger partial charge on any atom is -0.491 e. The van der Waals surface area contributed by atoms with Crippen LogP contribution in [-0.2, 0) is 9.47 Å². The van der Waals surface area contributed by atoms with Crippen LogP contribution in [-0.4, -0.2) is 20.3 Å². The van der Waals surface area contributed by atoms with Crippen molar-refractivity contribution in [3.63, 3.8) is 0 Å². The summed E-state index contributed by atoms with van der Waals surface area (Å²) in [5.74, 6) is 7.43. The van der Waals surface area contributed by atoms with E-state index in [1.165, 1.54) is 12.0 Å². The van der Waals surface area contributed by atoms with E-state index in [0.717, 1.165) is 35.3 Å². The molecule has 1 aliphatic rings.